The van der Waals surface area contributed by atoms with Gasteiger partial charge in [-0.25, -0.2) is 0 Å². The predicted molar refractivity (Wildman–Crippen MR) is 126 cm³/mol. The highest BCUT2D eigenvalue weighted by Crippen LogP contribution is 2.29. The molecule has 0 fully saturated rings. The van der Waals surface area contributed by atoms with E-state index in [0.717, 1.165) is 29.0 Å². The summed E-state index contributed by atoms with van der Waals surface area (Å²) in [6, 6.07) is 11.1. The average Bonchev–Trinajstić information content (AvgIpc) is 3.06. The van der Waals surface area contributed by atoms with E-state index in [2.05, 4.69) is 23.7 Å². The van der Waals surface area contributed by atoms with Gasteiger partial charge in [0.1, 0.15) is 0 Å². The van der Waals surface area contributed by atoms with Crippen molar-refractivity contribution in [2.24, 2.45) is 4.99 Å². The van der Waals surface area contributed by atoms with Crippen molar-refractivity contribution in [2.45, 2.75) is 27.3 Å². The van der Waals surface area contributed by atoms with Gasteiger partial charge in [0.2, 0.25) is 0 Å². The zero-order valence-electron chi connectivity index (χ0n) is 17.3. The first kappa shape index (κ1) is 22.8. The number of carbonyl (C=O) groups excluding carboxylic acids is 1. The maximum absolute atomic E-state index is 12.9. The number of nitrogens with zero attached hydrogens (tertiary/aromatic N) is 3. The Hall–Kier alpha value is -1.86. The van der Waals surface area contributed by atoms with Gasteiger partial charge in [0.15, 0.2) is 4.80 Å². The fourth-order valence-corrected chi connectivity index (χ4v) is 5.11. The molecule has 0 spiro atoms. The van der Waals surface area contributed by atoms with Crippen molar-refractivity contribution in [3.8, 4) is 0 Å². The number of aromatic nitrogens is 1. The lowest BCUT2D eigenvalue weighted by Crippen LogP contribution is -2.22. The van der Waals surface area contributed by atoms with Crippen LogP contribution >= 0.6 is 34.5 Å². The fraction of sp³-hybridized carbons (Fsp3) is 0.364. The largest absolute Gasteiger partial charge is 0.380 e. The number of halogens is 2. The van der Waals surface area contributed by atoms with Crippen molar-refractivity contribution in [1.29, 1.82) is 0 Å². The highest BCUT2D eigenvalue weighted by molar-refractivity contribution is 7.16. The summed E-state index contributed by atoms with van der Waals surface area (Å²) in [5.74, 6) is -0.292. The molecule has 5 nitrogen and oxygen atoms in total. The monoisotopic (exact) mass is 465 g/mol. The third-order valence-electron chi connectivity index (χ3n) is 4.80. The molecule has 0 saturated heterocycles. The molecule has 3 aromatic rings. The number of thiazole rings is 1. The van der Waals surface area contributed by atoms with Gasteiger partial charge in [0, 0.05) is 42.5 Å². The summed E-state index contributed by atoms with van der Waals surface area (Å²) < 4.78 is 8.31. The van der Waals surface area contributed by atoms with E-state index >= 15 is 0 Å². The van der Waals surface area contributed by atoms with Crippen LogP contribution in [0, 0.1) is 0 Å². The summed E-state index contributed by atoms with van der Waals surface area (Å²) in [4.78, 5) is 20.1. The Morgan fingerprint density at radius 2 is 1.83 bits per heavy atom. The minimum Gasteiger partial charge on any atom is -0.380 e. The summed E-state index contributed by atoms with van der Waals surface area (Å²) in [7, 11) is 0. The summed E-state index contributed by atoms with van der Waals surface area (Å²) in [6.07, 6.45) is 0. The van der Waals surface area contributed by atoms with Gasteiger partial charge in [-0.15, -0.1) is 0 Å². The first-order valence-corrected chi connectivity index (χ1v) is 11.6. The van der Waals surface area contributed by atoms with Crippen LogP contribution in [0.15, 0.2) is 41.4 Å². The van der Waals surface area contributed by atoms with Crippen LogP contribution < -0.4 is 9.70 Å². The quantitative estimate of drug-likeness (QED) is 0.404. The first-order valence-electron chi connectivity index (χ1n) is 9.98. The molecule has 3 rings (SSSR count). The molecule has 0 atom stereocenters. The molecule has 2 aromatic carbocycles. The normalized spacial score (nSPS) is 12.0. The van der Waals surface area contributed by atoms with Crippen LogP contribution in [0.1, 0.15) is 31.1 Å². The van der Waals surface area contributed by atoms with Crippen molar-refractivity contribution in [3.05, 3.63) is 56.8 Å². The summed E-state index contributed by atoms with van der Waals surface area (Å²) in [5.41, 5.74) is 2.45. The van der Waals surface area contributed by atoms with Crippen LogP contribution in [0.5, 0.6) is 0 Å². The molecule has 30 heavy (non-hydrogen) atoms. The van der Waals surface area contributed by atoms with Gasteiger partial charge in [-0.2, -0.15) is 4.99 Å². The Labute approximate surface area is 190 Å². The van der Waals surface area contributed by atoms with Crippen molar-refractivity contribution < 1.29 is 9.53 Å². The SMILES string of the molecule is CCOCCn1c(=NC(=O)c2ccc(N(CC)CC)cc2)sc2cc(Cl)cc(Cl)c21. The zero-order chi connectivity index (χ0) is 21.7. The maximum Gasteiger partial charge on any atom is 0.279 e. The molecular formula is C22H25Cl2N3O2S. The fourth-order valence-electron chi connectivity index (χ4n) is 3.28. The van der Waals surface area contributed by atoms with E-state index in [0.29, 0.717) is 40.2 Å². The maximum atomic E-state index is 12.9. The molecule has 0 bridgehead atoms. The van der Waals surface area contributed by atoms with E-state index in [1.165, 1.54) is 11.3 Å². The first-order chi connectivity index (χ1) is 14.5. The number of ether oxygens (including phenoxy) is 1. The van der Waals surface area contributed by atoms with Gasteiger partial charge in [-0.3, -0.25) is 4.79 Å². The van der Waals surface area contributed by atoms with E-state index in [4.69, 9.17) is 27.9 Å². The highest BCUT2D eigenvalue weighted by atomic mass is 35.5. The predicted octanol–water partition coefficient (Wildman–Crippen LogP) is 5.63. The van der Waals surface area contributed by atoms with Crippen molar-refractivity contribution in [1.82, 2.24) is 4.57 Å². The van der Waals surface area contributed by atoms with Crippen LogP contribution in [-0.2, 0) is 11.3 Å². The molecule has 0 aliphatic rings. The number of amides is 1. The van der Waals surface area contributed by atoms with E-state index in [1.54, 1.807) is 6.07 Å². The Morgan fingerprint density at radius 1 is 1.13 bits per heavy atom. The molecule has 1 amide bonds. The van der Waals surface area contributed by atoms with E-state index in [-0.39, 0.29) is 5.91 Å². The molecule has 0 aliphatic carbocycles. The molecule has 0 aliphatic heterocycles. The topological polar surface area (TPSA) is 46.8 Å². The van der Waals surface area contributed by atoms with Crippen LogP contribution in [0.25, 0.3) is 10.2 Å². The van der Waals surface area contributed by atoms with Gasteiger partial charge in [-0.1, -0.05) is 34.5 Å². The summed E-state index contributed by atoms with van der Waals surface area (Å²) >= 11 is 14.0. The minimum atomic E-state index is -0.292. The molecule has 0 radical (unpaired) electrons. The molecule has 1 heterocycles. The Kier molecular flexibility index (Phi) is 7.94. The number of fused-ring (bicyclic) bond motifs is 1. The number of benzene rings is 2. The molecule has 160 valence electrons. The Bertz CT molecular complexity index is 1090. The van der Waals surface area contributed by atoms with Crippen LogP contribution in [0.4, 0.5) is 5.69 Å². The second-order valence-electron chi connectivity index (χ2n) is 6.60. The van der Waals surface area contributed by atoms with Gasteiger partial charge < -0.3 is 14.2 Å². The van der Waals surface area contributed by atoms with E-state index in [9.17, 15) is 4.79 Å². The minimum absolute atomic E-state index is 0.292. The Balaban J connectivity index is 2.00. The zero-order valence-corrected chi connectivity index (χ0v) is 19.7. The summed E-state index contributed by atoms with van der Waals surface area (Å²) in [6.45, 7) is 9.66. The lowest BCUT2D eigenvalue weighted by molar-refractivity contribution is 0.0996. The molecule has 0 unspecified atom stereocenters. The number of carbonyl (C=O) groups is 1. The lowest BCUT2D eigenvalue weighted by Gasteiger charge is -2.20. The van der Waals surface area contributed by atoms with Crippen molar-refractivity contribution in [2.75, 3.05) is 31.2 Å². The smallest absolute Gasteiger partial charge is 0.279 e. The third kappa shape index (κ3) is 5.06. The average molecular weight is 466 g/mol. The molecule has 1 aromatic heterocycles. The highest BCUT2D eigenvalue weighted by Gasteiger charge is 2.13. The molecular weight excluding hydrogens is 441 g/mol. The number of rotatable bonds is 8. The standard InChI is InChI=1S/C22H25Cl2N3O2S/c1-4-26(5-2)17-9-7-15(8-10-17)21(28)25-22-27(11-12-29-6-3)20-18(24)13-16(23)14-19(20)30-22/h7-10,13-14H,4-6,11-12H2,1-3H3. The van der Waals surface area contributed by atoms with Crippen molar-refractivity contribution in [3.63, 3.8) is 0 Å². The van der Waals surface area contributed by atoms with Gasteiger partial charge in [0.25, 0.3) is 5.91 Å². The second-order valence-corrected chi connectivity index (χ2v) is 8.46. The van der Waals surface area contributed by atoms with Crippen LogP contribution in [-0.4, -0.2) is 36.8 Å². The third-order valence-corrected chi connectivity index (χ3v) is 6.33. The number of anilines is 1. The van der Waals surface area contributed by atoms with Gasteiger partial charge in [-0.05, 0) is 57.2 Å². The van der Waals surface area contributed by atoms with Crippen LogP contribution in [0.3, 0.4) is 0 Å². The van der Waals surface area contributed by atoms with Gasteiger partial charge >= 0.3 is 0 Å². The molecule has 0 N–H and O–H groups in total. The van der Waals surface area contributed by atoms with Crippen molar-refractivity contribution >= 4 is 56.3 Å². The molecule has 8 heteroatoms. The summed E-state index contributed by atoms with van der Waals surface area (Å²) in [5, 5.41) is 1.08. The van der Waals surface area contributed by atoms with E-state index < -0.39 is 0 Å². The number of hydrogen-bond donors (Lipinski definition) is 0. The Morgan fingerprint density at radius 3 is 2.47 bits per heavy atom. The van der Waals surface area contributed by atoms with Crippen LogP contribution in [0.2, 0.25) is 10.0 Å². The van der Waals surface area contributed by atoms with Gasteiger partial charge in [0.05, 0.1) is 21.8 Å². The lowest BCUT2D eigenvalue weighted by atomic mass is 10.2. The molecule has 0 saturated carbocycles. The second kappa shape index (κ2) is 10.4. The van der Waals surface area contributed by atoms with E-state index in [1.807, 2.05) is 41.8 Å². The number of hydrogen-bond acceptors (Lipinski definition) is 4.